The third kappa shape index (κ3) is 7.04. The molecule has 0 radical (unpaired) electrons. The van der Waals surface area contributed by atoms with Crippen LogP contribution in [0.25, 0.3) is 0 Å². The number of amides is 1. The van der Waals surface area contributed by atoms with Gasteiger partial charge in [0.1, 0.15) is 0 Å². The highest BCUT2D eigenvalue weighted by atomic mass is 32.2. The molecule has 1 amide bonds. The van der Waals surface area contributed by atoms with Gasteiger partial charge in [-0.1, -0.05) is 32.3 Å². The molecule has 168 valence electrons. The minimum Gasteiger partial charge on any atom is -0.379 e. The zero-order chi connectivity index (χ0) is 21.4. The predicted octanol–water partition coefficient (Wildman–Crippen LogP) is 2.48. The Balaban J connectivity index is 1.67. The summed E-state index contributed by atoms with van der Waals surface area (Å²) < 4.78 is 33.2. The molecule has 1 saturated heterocycles. The minimum atomic E-state index is -3.58. The van der Waals surface area contributed by atoms with E-state index in [4.69, 9.17) is 4.74 Å². The molecule has 2 aliphatic rings. The van der Waals surface area contributed by atoms with Gasteiger partial charge >= 0.3 is 0 Å². The van der Waals surface area contributed by atoms with Crippen molar-refractivity contribution in [2.24, 2.45) is 0 Å². The van der Waals surface area contributed by atoms with E-state index in [9.17, 15) is 13.2 Å². The van der Waals surface area contributed by atoms with Crippen molar-refractivity contribution in [2.75, 3.05) is 45.9 Å². The lowest BCUT2D eigenvalue weighted by atomic mass is 10.1. The maximum atomic E-state index is 13.3. The number of unbranched alkanes of at least 4 members (excludes halogenated alkanes) is 3. The number of morpholine rings is 1. The summed E-state index contributed by atoms with van der Waals surface area (Å²) in [5.74, 6) is -0.0942. The molecule has 2 fully saturated rings. The maximum Gasteiger partial charge on any atom is 0.253 e. The Morgan fingerprint density at radius 2 is 1.93 bits per heavy atom. The molecule has 0 atom stereocenters. The Labute approximate surface area is 180 Å². The van der Waals surface area contributed by atoms with Gasteiger partial charge in [-0.25, -0.2) is 13.1 Å². The average molecular weight is 438 g/mol. The number of rotatable bonds is 12. The van der Waals surface area contributed by atoms with E-state index >= 15 is 0 Å². The molecule has 1 aliphatic carbocycles. The molecular weight excluding hydrogens is 402 g/mol. The third-order valence-electron chi connectivity index (χ3n) is 5.65. The molecule has 7 nitrogen and oxygen atoms in total. The van der Waals surface area contributed by atoms with Crippen LogP contribution in [0.15, 0.2) is 29.2 Å². The van der Waals surface area contributed by atoms with Gasteiger partial charge in [-0.05, 0) is 37.5 Å². The van der Waals surface area contributed by atoms with Crippen molar-refractivity contribution < 1.29 is 17.9 Å². The van der Waals surface area contributed by atoms with E-state index in [1.165, 1.54) is 6.07 Å². The average Bonchev–Trinajstić information content (AvgIpc) is 3.57. The van der Waals surface area contributed by atoms with Crippen molar-refractivity contribution in [1.29, 1.82) is 0 Å². The summed E-state index contributed by atoms with van der Waals surface area (Å²) >= 11 is 0. The minimum absolute atomic E-state index is 0.0398. The molecular formula is C22H35N3O4S. The summed E-state index contributed by atoms with van der Waals surface area (Å²) in [6.07, 6.45) is 6.12. The van der Waals surface area contributed by atoms with Crippen LogP contribution in [0, 0.1) is 0 Å². The standard InChI is InChI=1S/C22H35N3O4S/c1-2-3-4-5-11-25(13-12-24-14-16-29-17-15-24)22(26)19-7-6-8-21(18-19)30(27,28)23-20-9-10-20/h6-8,18,20,23H,2-5,9-17H2,1H3. The second kappa shape index (κ2) is 11.2. The van der Waals surface area contributed by atoms with Crippen LogP contribution >= 0.6 is 0 Å². The Morgan fingerprint density at radius 3 is 2.63 bits per heavy atom. The van der Waals surface area contributed by atoms with Crippen LogP contribution < -0.4 is 4.72 Å². The molecule has 0 aromatic heterocycles. The number of carbonyl (C=O) groups is 1. The molecule has 1 saturated carbocycles. The summed E-state index contributed by atoms with van der Waals surface area (Å²) in [5, 5.41) is 0. The van der Waals surface area contributed by atoms with Crippen molar-refractivity contribution in [1.82, 2.24) is 14.5 Å². The van der Waals surface area contributed by atoms with Crippen molar-refractivity contribution in [3.8, 4) is 0 Å². The zero-order valence-corrected chi connectivity index (χ0v) is 18.8. The maximum absolute atomic E-state index is 13.3. The monoisotopic (exact) mass is 437 g/mol. The van der Waals surface area contributed by atoms with Crippen molar-refractivity contribution in [3.63, 3.8) is 0 Å². The number of carbonyl (C=O) groups excluding carboxylic acids is 1. The highest BCUT2D eigenvalue weighted by molar-refractivity contribution is 7.89. The Hall–Kier alpha value is -1.48. The van der Waals surface area contributed by atoms with Crippen molar-refractivity contribution >= 4 is 15.9 Å². The number of ether oxygens (including phenoxy) is 1. The lowest BCUT2D eigenvalue weighted by molar-refractivity contribution is 0.0324. The largest absolute Gasteiger partial charge is 0.379 e. The molecule has 1 aromatic carbocycles. The fraction of sp³-hybridized carbons (Fsp3) is 0.682. The van der Waals surface area contributed by atoms with Crippen LogP contribution in [0.4, 0.5) is 0 Å². The van der Waals surface area contributed by atoms with Gasteiger partial charge in [0, 0.05) is 44.3 Å². The van der Waals surface area contributed by atoms with Gasteiger partial charge in [0.05, 0.1) is 18.1 Å². The molecule has 1 heterocycles. The van der Waals surface area contributed by atoms with Gasteiger partial charge in [0.15, 0.2) is 0 Å². The van der Waals surface area contributed by atoms with Crippen LogP contribution in [0.2, 0.25) is 0 Å². The first kappa shape index (κ1) is 23.2. The fourth-order valence-electron chi connectivity index (χ4n) is 3.60. The SMILES string of the molecule is CCCCCCN(CCN1CCOCC1)C(=O)c1cccc(S(=O)(=O)NC2CC2)c1. The van der Waals surface area contributed by atoms with Crippen LogP contribution in [-0.4, -0.2) is 76.1 Å². The number of nitrogens with zero attached hydrogens (tertiary/aromatic N) is 2. The molecule has 1 aromatic rings. The molecule has 1 N–H and O–H groups in total. The molecule has 8 heteroatoms. The Bertz CT molecular complexity index is 789. The van der Waals surface area contributed by atoms with E-state index in [0.29, 0.717) is 18.7 Å². The Morgan fingerprint density at radius 1 is 1.17 bits per heavy atom. The lowest BCUT2D eigenvalue weighted by Gasteiger charge is -2.30. The van der Waals surface area contributed by atoms with E-state index < -0.39 is 10.0 Å². The normalized spacial score (nSPS) is 17.8. The molecule has 0 unspecified atom stereocenters. The van der Waals surface area contributed by atoms with Gasteiger partial charge < -0.3 is 9.64 Å². The molecule has 0 bridgehead atoms. The van der Waals surface area contributed by atoms with E-state index in [0.717, 1.165) is 71.4 Å². The molecule has 30 heavy (non-hydrogen) atoms. The summed E-state index contributed by atoms with van der Waals surface area (Å²) in [4.78, 5) is 17.6. The number of nitrogens with one attached hydrogen (secondary N) is 1. The van der Waals surface area contributed by atoms with E-state index in [1.54, 1.807) is 18.2 Å². The van der Waals surface area contributed by atoms with Gasteiger partial charge in [-0.3, -0.25) is 9.69 Å². The second-order valence-electron chi connectivity index (χ2n) is 8.23. The Kier molecular flexibility index (Phi) is 8.68. The van der Waals surface area contributed by atoms with Gasteiger partial charge in [-0.2, -0.15) is 0 Å². The highest BCUT2D eigenvalue weighted by Crippen LogP contribution is 2.23. The first-order chi connectivity index (χ1) is 14.5. The van der Waals surface area contributed by atoms with E-state index in [2.05, 4.69) is 16.5 Å². The van der Waals surface area contributed by atoms with E-state index in [-0.39, 0.29) is 16.8 Å². The fourth-order valence-corrected chi connectivity index (χ4v) is 4.95. The molecule has 3 rings (SSSR count). The smallest absolute Gasteiger partial charge is 0.253 e. The van der Waals surface area contributed by atoms with Crippen molar-refractivity contribution in [3.05, 3.63) is 29.8 Å². The van der Waals surface area contributed by atoms with Crippen molar-refractivity contribution in [2.45, 2.75) is 56.4 Å². The summed E-state index contributed by atoms with van der Waals surface area (Å²) in [6, 6.07) is 6.48. The highest BCUT2D eigenvalue weighted by Gasteiger charge is 2.28. The third-order valence-corrected chi connectivity index (χ3v) is 7.17. The van der Waals surface area contributed by atoms with Crippen LogP contribution in [0.1, 0.15) is 55.8 Å². The van der Waals surface area contributed by atoms with Crippen LogP contribution in [0.5, 0.6) is 0 Å². The van der Waals surface area contributed by atoms with Gasteiger partial charge in [0.2, 0.25) is 10.0 Å². The predicted molar refractivity (Wildman–Crippen MR) is 117 cm³/mol. The number of sulfonamides is 1. The molecule has 0 spiro atoms. The summed E-state index contributed by atoms with van der Waals surface area (Å²) in [5.41, 5.74) is 0.436. The summed E-state index contributed by atoms with van der Waals surface area (Å²) in [7, 11) is -3.58. The second-order valence-corrected chi connectivity index (χ2v) is 9.94. The summed E-state index contributed by atoms with van der Waals surface area (Å²) in [6.45, 7) is 7.56. The first-order valence-electron chi connectivity index (χ1n) is 11.2. The number of hydrogen-bond donors (Lipinski definition) is 1. The topological polar surface area (TPSA) is 79.0 Å². The number of benzene rings is 1. The quantitative estimate of drug-likeness (QED) is 0.508. The molecule has 1 aliphatic heterocycles. The van der Waals surface area contributed by atoms with Gasteiger partial charge in [0.25, 0.3) is 5.91 Å². The first-order valence-corrected chi connectivity index (χ1v) is 12.7. The zero-order valence-electron chi connectivity index (χ0n) is 18.0. The van der Waals surface area contributed by atoms with Crippen LogP contribution in [0.3, 0.4) is 0 Å². The number of hydrogen-bond acceptors (Lipinski definition) is 5. The van der Waals surface area contributed by atoms with Gasteiger partial charge in [-0.15, -0.1) is 0 Å². The van der Waals surface area contributed by atoms with E-state index in [1.807, 2.05) is 4.90 Å². The van der Waals surface area contributed by atoms with Crippen LogP contribution in [-0.2, 0) is 14.8 Å². The lowest BCUT2D eigenvalue weighted by Crippen LogP contribution is -2.43.